The van der Waals surface area contributed by atoms with Gasteiger partial charge in [-0.05, 0) is 61.1 Å². The van der Waals surface area contributed by atoms with E-state index in [0.29, 0.717) is 44.1 Å². The second-order valence-corrected chi connectivity index (χ2v) is 18.6. The molecule has 2 saturated heterocycles. The normalized spacial score (nSPS) is 19.3. The average molecular weight is 866 g/mol. The number of ether oxygens (including phenoxy) is 1. The second-order valence-electron chi connectivity index (χ2n) is 16.7. The maximum absolute atomic E-state index is 14.5. The van der Waals surface area contributed by atoms with Crippen LogP contribution < -0.4 is 26.0 Å². The molecule has 16 nitrogen and oxygen atoms in total. The number of aromatic nitrogens is 4. The third-order valence-corrected chi connectivity index (χ3v) is 13.4. The zero-order chi connectivity index (χ0) is 43.8. The fourth-order valence-electron chi connectivity index (χ4n) is 8.85. The van der Waals surface area contributed by atoms with Crippen LogP contribution in [0, 0.1) is 5.41 Å². The third kappa shape index (κ3) is 7.48. The molecule has 3 N–H and O–H groups in total. The van der Waals surface area contributed by atoms with Gasteiger partial charge in [-0.1, -0.05) is 20.4 Å². The van der Waals surface area contributed by atoms with Gasteiger partial charge < -0.3 is 34.5 Å². The molecule has 2 amide bonds. The molecule has 3 aromatic heterocycles. The van der Waals surface area contributed by atoms with Gasteiger partial charge in [0.05, 0.1) is 42.9 Å². The highest BCUT2D eigenvalue weighted by atomic mass is 32.2. The van der Waals surface area contributed by atoms with Crippen LogP contribution in [-0.2, 0) is 52.4 Å². The number of benzene rings is 1. The number of pyridine rings is 1. The molecule has 4 aliphatic rings. The molecule has 61 heavy (non-hydrogen) atoms. The largest absolute Gasteiger partial charge is 0.501 e. The quantitative estimate of drug-likeness (QED) is 0.195. The van der Waals surface area contributed by atoms with Crippen molar-refractivity contribution in [2.24, 2.45) is 12.5 Å². The molecule has 0 bridgehead atoms. The van der Waals surface area contributed by atoms with Gasteiger partial charge in [0.15, 0.2) is 5.82 Å². The number of carbonyl (C=O) groups excluding carboxylic acids is 2. The van der Waals surface area contributed by atoms with Crippen molar-refractivity contribution < 1.29 is 41.0 Å². The van der Waals surface area contributed by atoms with Gasteiger partial charge in [0.25, 0.3) is 21.3 Å². The van der Waals surface area contributed by atoms with Gasteiger partial charge in [-0.25, -0.2) is 18.4 Å². The number of alkyl halides is 3. The maximum atomic E-state index is 14.5. The van der Waals surface area contributed by atoms with Crippen LogP contribution in [0.15, 0.2) is 59.0 Å². The van der Waals surface area contributed by atoms with Crippen LogP contribution in [-0.4, -0.2) is 106 Å². The van der Waals surface area contributed by atoms with Crippen LogP contribution in [0.2, 0.25) is 0 Å². The SMILES string of the molecule is C=CC(=O)Nc1cc(Nc2nc(-c3ccnc(N4CCn5c(cc6c5CC(C)(C)C6)C4=O)c3CO)cn(C)c2=O)cc(S(=O)(=O)C(F)(F)F)c1N1CCN(C2COC2)CC1C. The van der Waals surface area contributed by atoms with Crippen LogP contribution in [0.5, 0.6) is 0 Å². The van der Waals surface area contributed by atoms with E-state index in [-0.39, 0.29) is 64.6 Å². The first-order chi connectivity index (χ1) is 28.8. The summed E-state index contributed by atoms with van der Waals surface area (Å²) in [6, 6.07) is 5.10. The molecule has 0 saturated carbocycles. The van der Waals surface area contributed by atoms with Crippen molar-refractivity contribution in [1.29, 1.82) is 0 Å². The number of aliphatic hydroxyl groups excluding tert-OH is 1. The Hall–Kier alpha value is -5.57. The van der Waals surface area contributed by atoms with Crippen LogP contribution in [0.25, 0.3) is 11.3 Å². The standard InChI is InChI=1S/C41H46F3N9O7S/c1-6-34(55)47-29-14-25(15-33(61(58,59)41(42,43)44)35(29)51-10-9-50(18-23(51)2)26-21-60-22-26)46-36-39(57)49(5)19-30(48-36)27-7-8-45-37(28(27)20-54)53-12-11-52-31(38(53)56)13-24-16-40(3,4)17-32(24)52/h6-8,13-15,19,23,26,54H,1,9-12,16-18,20-22H2,2-5H3,(H,46,48)(H,47,55). The number of nitrogens with one attached hydrogen (secondary N) is 2. The first-order valence-corrected chi connectivity index (χ1v) is 21.3. The number of amides is 2. The van der Waals surface area contributed by atoms with E-state index in [1.165, 1.54) is 35.3 Å². The van der Waals surface area contributed by atoms with E-state index in [1.807, 2.05) is 6.07 Å². The summed E-state index contributed by atoms with van der Waals surface area (Å²) in [5, 5.41) is 16.0. The predicted molar refractivity (Wildman–Crippen MR) is 221 cm³/mol. The molecule has 0 radical (unpaired) electrons. The minimum Gasteiger partial charge on any atom is -0.392 e. The Labute approximate surface area is 349 Å². The molecular weight excluding hydrogens is 820 g/mol. The number of nitrogens with zero attached hydrogens (tertiary/aromatic N) is 7. The minimum atomic E-state index is -6.07. The molecule has 4 aromatic rings. The molecule has 20 heteroatoms. The van der Waals surface area contributed by atoms with E-state index >= 15 is 0 Å². The summed E-state index contributed by atoms with van der Waals surface area (Å²) in [4.78, 5) is 53.4. The summed E-state index contributed by atoms with van der Waals surface area (Å²) in [5.41, 5.74) is -3.86. The Kier molecular flexibility index (Phi) is 10.6. The molecule has 1 aromatic carbocycles. The van der Waals surface area contributed by atoms with Crippen molar-refractivity contribution in [3.63, 3.8) is 0 Å². The lowest BCUT2D eigenvalue weighted by atomic mass is 9.90. The average Bonchev–Trinajstić information content (AvgIpc) is 3.67. The molecule has 1 unspecified atom stereocenters. The number of carbonyl (C=O) groups is 2. The molecule has 2 fully saturated rings. The van der Waals surface area contributed by atoms with Crippen molar-refractivity contribution in [1.82, 2.24) is 24.0 Å². The highest BCUT2D eigenvalue weighted by molar-refractivity contribution is 7.92. The number of aliphatic hydroxyl groups is 1. The number of aryl methyl sites for hydroxylation is 1. The summed E-state index contributed by atoms with van der Waals surface area (Å²) in [7, 11) is -4.66. The van der Waals surface area contributed by atoms with Gasteiger partial charge in [0.2, 0.25) is 5.91 Å². The van der Waals surface area contributed by atoms with Gasteiger partial charge in [0.1, 0.15) is 16.4 Å². The van der Waals surface area contributed by atoms with E-state index in [4.69, 9.17) is 4.74 Å². The fraction of sp³-hybridized carbons (Fsp3) is 0.439. The maximum Gasteiger partial charge on any atom is 0.501 e. The van der Waals surface area contributed by atoms with Crippen molar-refractivity contribution in [3.8, 4) is 11.3 Å². The van der Waals surface area contributed by atoms with E-state index in [1.54, 1.807) is 13.0 Å². The number of sulfone groups is 1. The number of halogens is 3. The molecule has 6 heterocycles. The fourth-order valence-corrected chi connectivity index (χ4v) is 9.86. The zero-order valence-corrected chi connectivity index (χ0v) is 34.9. The summed E-state index contributed by atoms with van der Waals surface area (Å²) in [6.45, 7) is 11.7. The van der Waals surface area contributed by atoms with Crippen LogP contribution in [0.4, 0.5) is 41.9 Å². The minimum absolute atomic E-state index is 0.0969. The van der Waals surface area contributed by atoms with E-state index in [9.17, 15) is 41.1 Å². The number of hydrogen-bond donors (Lipinski definition) is 3. The molecule has 8 rings (SSSR count). The van der Waals surface area contributed by atoms with Crippen LogP contribution in [0.3, 0.4) is 0 Å². The molecule has 1 atom stereocenters. The highest BCUT2D eigenvalue weighted by Gasteiger charge is 2.50. The zero-order valence-electron chi connectivity index (χ0n) is 34.0. The Morgan fingerprint density at radius 1 is 1.11 bits per heavy atom. The molecule has 3 aliphatic heterocycles. The van der Waals surface area contributed by atoms with Crippen molar-refractivity contribution in [2.75, 3.05) is 59.8 Å². The Morgan fingerprint density at radius 2 is 1.87 bits per heavy atom. The highest BCUT2D eigenvalue weighted by Crippen LogP contribution is 2.45. The van der Waals surface area contributed by atoms with Gasteiger partial charge >= 0.3 is 5.51 Å². The van der Waals surface area contributed by atoms with Crippen molar-refractivity contribution >= 4 is 50.3 Å². The van der Waals surface area contributed by atoms with E-state index in [0.717, 1.165) is 40.8 Å². The lowest BCUT2D eigenvalue weighted by molar-refractivity contribution is -0.111. The lowest BCUT2D eigenvalue weighted by Crippen LogP contribution is -2.60. The third-order valence-electron chi connectivity index (χ3n) is 11.9. The molecule has 324 valence electrons. The Bertz CT molecular complexity index is 2640. The van der Waals surface area contributed by atoms with Crippen LogP contribution in [0.1, 0.15) is 48.1 Å². The number of fused-ring (bicyclic) bond motifs is 3. The summed E-state index contributed by atoms with van der Waals surface area (Å²) < 4.78 is 78.9. The second kappa shape index (κ2) is 15.4. The smallest absolute Gasteiger partial charge is 0.392 e. The number of rotatable bonds is 10. The number of piperazine rings is 1. The van der Waals surface area contributed by atoms with E-state index in [2.05, 4.69) is 50.5 Å². The summed E-state index contributed by atoms with van der Waals surface area (Å²) in [5.74, 6) is -1.33. The Morgan fingerprint density at radius 3 is 2.52 bits per heavy atom. The van der Waals surface area contributed by atoms with Crippen LogP contribution >= 0.6 is 0 Å². The van der Waals surface area contributed by atoms with Gasteiger partial charge in [-0.3, -0.25) is 24.2 Å². The number of anilines is 5. The first-order valence-electron chi connectivity index (χ1n) is 19.8. The van der Waals surface area contributed by atoms with Gasteiger partial charge in [0, 0.05) is 80.7 Å². The molecule has 1 aliphatic carbocycles. The summed E-state index contributed by atoms with van der Waals surface area (Å²) >= 11 is 0. The lowest BCUT2D eigenvalue weighted by Gasteiger charge is -2.47. The molecule has 0 spiro atoms. The summed E-state index contributed by atoms with van der Waals surface area (Å²) in [6.07, 6.45) is 5.42. The van der Waals surface area contributed by atoms with Gasteiger partial charge in [-0.15, -0.1) is 0 Å². The van der Waals surface area contributed by atoms with Crippen molar-refractivity contribution in [2.45, 2.75) is 69.3 Å². The topological polar surface area (TPSA) is 184 Å². The number of hydrogen-bond acceptors (Lipinski definition) is 12. The predicted octanol–water partition coefficient (Wildman–Crippen LogP) is 3.99. The van der Waals surface area contributed by atoms with Gasteiger partial charge in [-0.2, -0.15) is 13.2 Å². The van der Waals surface area contributed by atoms with E-state index < -0.39 is 50.2 Å². The Balaban J connectivity index is 1.18. The van der Waals surface area contributed by atoms with Crippen molar-refractivity contribution in [3.05, 3.63) is 82.2 Å². The first kappa shape index (κ1) is 42.1. The monoisotopic (exact) mass is 865 g/mol. The molecular formula is C41H46F3N9O7S.